The first-order chi connectivity index (χ1) is 10.3. The SMILES string of the molecule is Cc1oc(N)c(S(=O)(=O)c2cc3ccccc3nc2N)c1C. The molecule has 0 amide bonds. The van der Waals surface area contributed by atoms with Gasteiger partial charge in [0.2, 0.25) is 15.7 Å². The summed E-state index contributed by atoms with van der Waals surface area (Å²) in [7, 11) is -3.91. The summed E-state index contributed by atoms with van der Waals surface area (Å²) in [5, 5.41) is 0.687. The molecule has 114 valence electrons. The fourth-order valence-corrected chi connectivity index (χ4v) is 4.08. The number of benzene rings is 1. The number of aromatic nitrogens is 1. The Labute approximate surface area is 127 Å². The number of furan rings is 1. The van der Waals surface area contributed by atoms with E-state index >= 15 is 0 Å². The summed E-state index contributed by atoms with van der Waals surface area (Å²) in [6.07, 6.45) is 0. The Morgan fingerprint density at radius 1 is 1.14 bits per heavy atom. The Bertz CT molecular complexity index is 991. The molecule has 0 spiro atoms. The molecule has 0 aliphatic rings. The molecule has 0 fully saturated rings. The highest BCUT2D eigenvalue weighted by molar-refractivity contribution is 7.91. The third kappa shape index (κ3) is 2.01. The minimum atomic E-state index is -3.91. The molecule has 0 aliphatic heterocycles. The number of para-hydroxylation sites is 1. The molecule has 6 nitrogen and oxygen atoms in total. The van der Waals surface area contributed by atoms with Gasteiger partial charge in [0, 0.05) is 10.9 Å². The third-order valence-electron chi connectivity index (χ3n) is 3.63. The van der Waals surface area contributed by atoms with E-state index in [4.69, 9.17) is 15.9 Å². The van der Waals surface area contributed by atoms with Crippen molar-refractivity contribution in [1.82, 2.24) is 4.98 Å². The lowest BCUT2D eigenvalue weighted by atomic mass is 10.2. The van der Waals surface area contributed by atoms with Gasteiger partial charge >= 0.3 is 0 Å². The average Bonchev–Trinajstić information content (AvgIpc) is 2.71. The molecule has 4 N–H and O–H groups in total. The van der Waals surface area contributed by atoms with Gasteiger partial charge in [0.25, 0.3) is 0 Å². The Hall–Kier alpha value is -2.54. The number of pyridine rings is 1. The van der Waals surface area contributed by atoms with Crippen LogP contribution in [0.25, 0.3) is 10.9 Å². The van der Waals surface area contributed by atoms with Crippen LogP contribution >= 0.6 is 0 Å². The zero-order valence-corrected chi connectivity index (χ0v) is 12.9. The largest absolute Gasteiger partial charge is 0.445 e. The van der Waals surface area contributed by atoms with Crippen LogP contribution in [0.1, 0.15) is 11.3 Å². The van der Waals surface area contributed by atoms with Gasteiger partial charge in [-0.1, -0.05) is 18.2 Å². The second-order valence-corrected chi connectivity index (χ2v) is 6.90. The standard InChI is InChI=1S/C15H15N3O3S/c1-8-9(2)21-15(17)13(8)22(19,20)12-7-10-5-3-4-6-11(10)18-14(12)16/h3-7H,17H2,1-2H3,(H2,16,18). The van der Waals surface area contributed by atoms with Crippen molar-refractivity contribution in [2.24, 2.45) is 0 Å². The Morgan fingerprint density at radius 3 is 2.45 bits per heavy atom. The second kappa shape index (κ2) is 4.74. The van der Waals surface area contributed by atoms with Gasteiger partial charge in [0.05, 0.1) is 5.52 Å². The Morgan fingerprint density at radius 2 is 1.82 bits per heavy atom. The number of fused-ring (bicyclic) bond motifs is 1. The first-order valence-corrected chi connectivity index (χ1v) is 8.06. The van der Waals surface area contributed by atoms with Crippen molar-refractivity contribution < 1.29 is 12.8 Å². The van der Waals surface area contributed by atoms with E-state index < -0.39 is 9.84 Å². The molecular weight excluding hydrogens is 302 g/mol. The van der Waals surface area contributed by atoms with E-state index in [9.17, 15) is 8.42 Å². The molecule has 2 aromatic heterocycles. The molecule has 2 heterocycles. The average molecular weight is 317 g/mol. The minimum absolute atomic E-state index is 0.0474. The lowest BCUT2D eigenvalue weighted by molar-refractivity contribution is 0.546. The van der Waals surface area contributed by atoms with Crippen molar-refractivity contribution >= 4 is 32.4 Å². The highest BCUT2D eigenvalue weighted by Crippen LogP contribution is 2.35. The lowest BCUT2D eigenvalue weighted by Gasteiger charge is -2.08. The molecule has 1 aromatic carbocycles. The molecule has 0 unspecified atom stereocenters. The van der Waals surface area contributed by atoms with Crippen LogP contribution in [-0.2, 0) is 9.84 Å². The summed E-state index contributed by atoms with van der Waals surface area (Å²) in [5.74, 6) is 0.266. The summed E-state index contributed by atoms with van der Waals surface area (Å²) >= 11 is 0. The molecule has 0 saturated heterocycles. The Kier molecular flexibility index (Phi) is 3.10. The van der Waals surface area contributed by atoms with E-state index in [0.29, 0.717) is 22.2 Å². The van der Waals surface area contributed by atoms with E-state index in [1.807, 2.05) is 6.07 Å². The first-order valence-electron chi connectivity index (χ1n) is 6.58. The summed E-state index contributed by atoms with van der Waals surface area (Å²) in [4.78, 5) is 4.05. The number of nitrogens with two attached hydrogens (primary N) is 2. The van der Waals surface area contributed by atoms with Gasteiger partial charge < -0.3 is 15.9 Å². The number of aryl methyl sites for hydroxylation is 1. The third-order valence-corrected chi connectivity index (χ3v) is 5.58. The number of nitrogens with zero attached hydrogens (tertiary/aromatic N) is 1. The van der Waals surface area contributed by atoms with Crippen molar-refractivity contribution in [2.75, 3.05) is 11.5 Å². The van der Waals surface area contributed by atoms with Crippen molar-refractivity contribution in [2.45, 2.75) is 23.6 Å². The first kappa shape index (κ1) is 14.4. The predicted octanol–water partition coefficient (Wildman–Crippen LogP) is 2.44. The van der Waals surface area contributed by atoms with E-state index in [1.54, 1.807) is 32.0 Å². The number of rotatable bonds is 2. The van der Waals surface area contributed by atoms with Crippen LogP contribution in [0.15, 0.2) is 44.5 Å². The van der Waals surface area contributed by atoms with Crippen molar-refractivity contribution in [3.8, 4) is 0 Å². The number of hydrogen-bond donors (Lipinski definition) is 2. The molecular formula is C15H15N3O3S. The maximum atomic E-state index is 12.9. The summed E-state index contributed by atoms with van der Waals surface area (Å²) in [6, 6.07) is 8.66. The van der Waals surface area contributed by atoms with Crippen LogP contribution in [0.4, 0.5) is 11.7 Å². The fourth-order valence-electron chi connectivity index (χ4n) is 2.40. The van der Waals surface area contributed by atoms with E-state index in [2.05, 4.69) is 4.98 Å². The predicted molar refractivity (Wildman–Crippen MR) is 84.2 cm³/mol. The fraction of sp³-hybridized carbons (Fsp3) is 0.133. The number of anilines is 2. The molecule has 22 heavy (non-hydrogen) atoms. The van der Waals surface area contributed by atoms with Gasteiger partial charge in [-0.3, -0.25) is 0 Å². The second-order valence-electron chi connectivity index (χ2n) is 5.04. The summed E-state index contributed by atoms with van der Waals surface area (Å²) in [6.45, 7) is 3.31. The van der Waals surface area contributed by atoms with E-state index in [0.717, 1.165) is 0 Å². The van der Waals surface area contributed by atoms with Crippen LogP contribution < -0.4 is 11.5 Å². The number of nitrogen functional groups attached to an aromatic ring is 2. The molecule has 3 rings (SSSR count). The van der Waals surface area contributed by atoms with Crippen LogP contribution in [0.3, 0.4) is 0 Å². The zero-order chi connectivity index (χ0) is 16.1. The number of hydrogen-bond acceptors (Lipinski definition) is 6. The van der Waals surface area contributed by atoms with Crippen molar-refractivity contribution in [3.05, 3.63) is 41.7 Å². The van der Waals surface area contributed by atoms with E-state index in [-0.39, 0.29) is 21.5 Å². The van der Waals surface area contributed by atoms with Crippen molar-refractivity contribution in [3.63, 3.8) is 0 Å². The molecule has 0 bridgehead atoms. The van der Waals surface area contributed by atoms with Gasteiger partial charge in [-0.2, -0.15) is 0 Å². The van der Waals surface area contributed by atoms with Crippen molar-refractivity contribution in [1.29, 1.82) is 0 Å². The highest BCUT2D eigenvalue weighted by Gasteiger charge is 2.30. The van der Waals surface area contributed by atoms with Gasteiger partial charge in [0.1, 0.15) is 21.4 Å². The minimum Gasteiger partial charge on any atom is -0.445 e. The molecule has 3 aromatic rings. The molecule has 0 aliphatic carbocycles. The summed E-state index contributed by atoms with van der Waals surface area (Å²) < 4.78 is 31.0. The van der Waals surface area contributed by atoms with Crippen LogP contribution in [0.5, 0.6) is 0 Å². The van der Waals surface area contributed by atoms with E-state index in [1.165, 1.54) is 6.07 Å². The highest BCUT2D eigenvalue weighted by atomic mass is 32.2. The molecule has 7 heteroatoms. The summed E-state index contributed by atoms with van der Waals surface area (Å²) in [5.41, 5.74) is 12.7. The Balaban J connectivity index is 2.32. The smallest absolute Gasteiger partial charge is 0.215 e. The normalized spacial score (nSPS) is 11.9. The topological polar surface area (TPSA) is 112 Å². The van der Waals surface area contributed by atoms with Gasteiger partial charge in [-0.15, -0.1) is 0 Å². The van der Waals surface area contributed by atoms with Crippen LogP contribution in [0, 0.1) is 13.8 Å². The maximum Gasteiger partial charge on any atom is 0.215 e. The van der Waals surface area contributed by atoms with Gasteiger partial charge in [-0.05, 0) is 26.0 Å². The van der Waals surface area contributed by atoms with Gasteiger partial charge in [-0.25, -0.2) is 13.4 Å². The number of sulfone groups is 1. The van der Waals surface area contributed by atoms with Crippen LogP contribution in [-0.4, -0.2) is 13.4 Å². The molecule has 0 atom stereocenters. The van der Waals surface area contributed by atoms with Crippen LogP contribution in [0.2, 0.25) is 0 Å². The lowest BCUT2D eigenvalue weighted by Crippen LogP contribution is -2.09. The zero-order valence-electron chi connectivity index (χ0n) is 12.1. The quantitative estimate of drug-likeness (QED) is 0.750. The maximum absolute atomic E-state index is 12.9. The van der Waals surface area contributed by atoms with Gasteiger partial charge in [0.15, 0.2) is 0 Å². The monoisotopic (exact) mass is 317 g/mol. The molecule has 0 saturated carbocycles. The molecule has 0 radical (unpaired) electrons.